The van der Waals surface area contributed by atoms with Gasteiger partial charge in [-0.3, -0.25) is 4.79 Å². The first-order chi connectivity index (χ1) is 10.4. The van der Waals surface area contributed by atoms with Gasteiger partial charge in [0.2, 0.25) is 5.91 Å². The number of amides is 1. The van der Waals surface area contributed by atoms with Gasteiger partial charge >= 0.3 is 0 Å². The third-order valence-electron chi connectivity index (χ3n) is 3.84. The van der Waals surface area contributed by atoms with Gasteiger partial charge in [-0.2, -0.15) is 0 Å². The SMILES string of the molecule is C[C@H]1C[C@@H](C(=O)NCCS(=O)(=O)c2ccc(Cl)cc2)CCN1.Cl. The Kier molecular flexibility index (Phi) is 7.80. The Hall–Kier alpha value is -0.820. The monoisotopic (exact) mass is 380 g/mol. The highest BCUT2D eigenvalue weighted by Gasteiger charge is 2.24. The normalized spacial score (nSPS) is 21.3. The largest absolute Gasteiger partial charge is 0.355 e. The van der Waals surface area contributed by atoms with Crippen molar-refractivity contribution in [1.82, 2.24) is 10.6 Å². The summed E-state index contributed by atoms with van der Waals surface area (Å²) in [4.78, 5) is 12.3. The molecular weight excluding hydrogens is 359 g/mol. The van der Waals surface area contributed by atoms with Crippen molar-refractivity contribution < 1.29 is 13.2 Å². The van der Waals surface area contributed by atoms with Gasteiger partial charge in [-0.05, 0) is 50.6 Å². The molecule has 130 valence electrons. The number of sulfone groups is 1. The van der Waals surface area contributed by atoms with Gasteiger partial charge in [-0.1, -0.05) is 11.6 Å². The molecule has 1 aliphatic heterocycles. The zero-order chi connectivity index (χ0) is 16.2. The fourth-order valence-corrected chi connectivity index (χ4v) is 3.87. The van der Waals surface area contributed by atoms with Gasteiger partial charge in [-0.25, -0.2) is 8.42 Å². The van der Waals surface area contributed by atoms with E-state index in [-0.39, 0.29) is 41.4 Å². The molecule has 0 aromatic heterocycles. The lowest BCUT2D eigenvalue weighted by Crippen LogP contribution is -2.43. The van der Waals surface area contributed by atoms with E-state index in [2.05, 4.69) is 10.6 Å². The number of rotatable bonds is 5. The van der Waals surface area contributed by atoms with Crippen LogP contribution in [0.5, 0.6) is 0 Å². The molecule has 2 atom stereocenters. The van der Waals surface area contributed by atoms with Gasteiger partial charge in [0.15, 0.2) is 9.84 Å². The number of piperidine rings is 1. The minimum Gasteiger partial charge on any atom is -0.355 e. The minimum atomic E-state index is -3.40. The predicted octanol–water partition coefficient (Wildman–Crippen LogP) is 2.04. The Morgan fingerprint density at radius 1 is 1.35 bits per heavy atom. The summed E-state index contributed by atoms with van der Waals surface area (Å²) in [5.74, 6) is -0.199. The molecule has 1 saturated heterocycles. The van der Waals surface area contributed by atoms with Crippen LogP contribution in [0.2, 0.25) is 5.02 Å². The van der Waals surface area contributed by atoms with Crippen molar-refractivity contribution in [2.75, 3.05) is 18.8 Å². The molecule has 8 heteroatoms. The summed E-state index contributed by atoms with van der Waals surface area (Å²) in [5, 5.41) is 6.52. The summed E-state index contributed by atoms with van der Waals surface area (Å²) < 4.78 is 24.3. The van der Waals surface area contributed by atoms with Crippen LogP contribution in [0.15, 0.2) is 29.2 Å². The standard InChI is InChI=1S/C15H21ClN2O3S.ClH/c1-11-10-12(6-7-17-11)15(19)18-8-9-22(20,21)14-4-2-13(16)3-5-14;/h2-5,11-12,17H,6-10H2,1H3,(H,18,19);1H/t11-,12-;/m0./s1. The molecule has 0 unspecified atom stereocenters. The molecule has 1 amide bonds. The van der Waals surface area contributed by atoms with E-state index in [0.29, 0.717) is 11.1 Å². The van der Waals surface area contributed by atoms with Crippen LogP contribution in [0, 0.1) is 5.92 Å². The van der Waals surface area contributed by atoms with Crippen LogP contribution >= 0.6 is 24.0 Å². The second-order valence-corrected chi connectivity index (χ2v) is 8.19. The molecule has 0 spiro atoms. The van der Waals surface area contributed by atoms with E-state index >= 15 is 0 Å². The molecule has 0 bridgehead atoms. The fraction of sp³-hybridized carbons (Fsp3) is 0.533. The molecule has 2 rings (SSSR count). The zero-order valence-corrected chi connectivity index (χ0v) is 15.3. The number of halogens is 2. The van der Waals surface area contributed by atoms with Crippen LogP contribution in [0.3, 0.4) is 0 Å². The molecule has 1 aliphatic rings. The third kappa shape index (κ3) is 5.95. The van der Waals surface area contributed by atoms with Crippen molar-refractivity contribution in [3.63, 3.8) is 0 Å². The average Bonchev–Trinajstić information content (AvgIpc) is 2.47. The number of hydrogen-bond acceptors (Lipinski definition) is 4. The molecule has 0 saturated carbocycles. The highest BCUT2D eigenvalue weighted by Crippen LogP contribution is 2.17. The summed E-state index contributed by atoms with van der Waals surface area (Å²) in [7, 11) is -3.40. The van der Waals surface area contributed by atoms with Crippen LogP contribution in [-0.4, -0.2) is 39.2 Å². The minimum absolute atomic E-state index is 0. The Bertz CT molecular complexity index is 620. The highest BCUT2D eigenvalue weighted by atomic mass is 35.5. The van der Waals surface area contributed by atoms with Crippen LogP contribution in [0.25, 0.3) is 0 Å². The van der Waals surface area contributed by atoms with Gasteiger partial charge in [0.25, 0.3) is 0 Å². The smallest absolute Gasteiger partial charge is 0.223 e. The van der Waals surface area contributed by atoms with Gasteiger partial charge in [0.1, 0.15) is 0 Å². The predicted molar refractivity (Wildman–Crippen MR) is 94.0 cm³/mol. The lowest BCUT2D eigenvalue weighted by Gasteiger charge is -2.27. The van der Waals surface area contributed by atoms with E-state index < -0.39 is 9.84 Å². The Morgan fingerprint density at radius 3 is 2.61 bits per heavy atom. The van der Waals surface area contributed by atoms with Gasteiger partial charge in [0, 0.05) is 23.5 Å². The van der Waals surface area contributed by atoms with Crippen LogP contribution in [-0.2, 0) is 14.6 Å². The van der Waals surface area contributed by atoms with Gasteiger partial charge < -0.3 is 10.6 Å². The molecule has 1 aromatic rings. The summed E-state index contributed by atoms with van der Waals surface area (Å²) in [6.07, 6.45) is 1.58. The second kappa shape index (κ2) is 8.87. The van der Waals surface area contributed by atoms with E-state index in [4.69, 9.17) is 11.6 Å². The zero-order valence-electron chi connectivity index (χ0n) is 12.9. The van der Waals surface area contributed by atoms with E-state index in [1.165, 1.54) is 12.1 Å². The van der Waals surface area contributed by atoms with Gasteiger partial charge in [0.05, 0.1) is 10.6 Å². The Labute approximate surface area is 148 Å². The number of nitrogens with one attached hydrogen (secondary N) is 2. The first-order valence-corrected chi connectivity index (χ1v) is 9.41. The number of benzene rings is 1. The number of hydrogen-bond donors (Lipinski definition) is 2. The molecule has 2 N–H and O–H groups in total. The molecule has 0 radical (unpaired) electrons. The van der Waals surface area contributed by atoms with Crippen molar-refractivity contribution >= 4 is 39.8 Å². The van der Waals surface area contributed by atoms with E-state index in [1.807, 2.05) is 6.92 Å². The maximum Gasteiger partial charge on any atom is 0.223 e. The summed E-state index contributed by atoms with van der Waals surface area (Å²) in [6.45, 7) is 2.99. The fourth-order valence-electron chi connectivity index (χ4n) is 2.58. The molecule has 23 heavy (non-hydrogen) atoms. The lowest BCUT2D eigenvalue weighted by atomic mass is 9.92. The van der Waals surface area contributed by atoms with Crippen molar-refractivity contribution in [3.8, 4) is 0 Å². The van der Waals surface area contributed by atoms with E-state index in [9.17, 15) is 13.2 Å². The maximum absolute atomic E-state index is 12.1. The van der Waals surface area contributed by atoms with E-state index in [0.717, 1.165) is 19.4 Å². The quantitative estimate of drug-likeness (QED) is 0.819. The molecule has 1 fully saturated rings. The van der Waals surface area contributed by atoms with Crippen molar-refractivity contribution in [2.45, 2.75) is 30.7 Å². The first-order valence-electron chi connectivity index (χ1n) is 7.38. The lowest BCUT2D eigenvalue weighted by molar-refractivity contribution is -0.125. The molecule has 1 aromatic carbocycles. The highest BCUT2D eigenvalue weighted by molar-refractivity contribution is 7.91. The van der Waals surface area contributed by atoms with Crippen molar-refractivity contribution in [3.05, 3.63) is 29.3 Å². The summed E-state index contributed by atoms with van der Waals surface area (Å²) in [6, 6.07) is 6.37. The van der Waals surface area contributed by atoms with Crippen LogP contribution in [0.1, 0.15) is 19.8 Å². The number of carbonyl (C=O) groups excluding carboxylic acids is 1. The molecule has 0 aliphatic carbocycles. The first kappa shape index (κ1) is 20.2. The maximum atomic E-state index is 12.1. The summed E-state index contributed by atoms with van der Waals surface area (Å²) >= 11 is 5.75. The summed E-state index contributed by atoms with van der Waals surface area (Å²) in [5.41, 5.74) is 0. The molecular formula is C15H22Cl2N2O3S. The Morgan fingerprint density at radius 2 is 2.00 bits per heavy atom. The number of carbonyl (C=O) groups is 1. The average molecular weight is 381 g/mol. The van der Waals surface area contributed by atoms with Gasteiger partial charge in [-0.15, -0.1) is 12.4 Å². The molecule has 1 heterocycles. The van der Waals surface area contributed by atoms with Crippen LogP contribution in [0.4, 0.5) is 0 Å². The third-order valence-corrected chi connectivity index (χ3v) is 5.82. The molecule has 5 nitrogen and oxygen atoms in total. The second-order valence-electron chi connectivity index (χ2n) is 5.64. The van der Waals surface area contributed by atoms with Crippen molar-refractivity contribution in [1.29, 1.82) is 0 Å². The topological polar surface area (TPSA) is 75.3 Å². The van der Waals surface area contributed by atoms with E-state index in [1.54, 1.807) is 12.1 Å². The Balaban J connectivity index is 0.00000264. The van der Waals surface area contributed by atoms with Crippen molar-refractivity contribution in [2.24, 2.45) is 5.92 Å². The van der Waals surface area contributed by atoms with Crippen LogP contribution < -0.4 is 10.6 Å².